The van der Waals surface area contributed by atoms with E-state index in [0.717, 1.165) is 5.56 Å². The molecule has 0 saturated carbocycles. The first kappa shape index (κ1) is 19.6. The number of hydrogen-bond acceptors (Lipinski definition) is 4. The molecule has 1 aliphatic rings. The molecule has 0 bridgehead atoms. The van der Waals surface area contributed by atoms with E-state index >= 15 is 0 Å². The average molecular weight is 380 g/mol. The fraction of sp³-hybridized carbons (Fsp3) is 0.318. The minimum absolute atomic E-state index is 0.0148. The maximum Gasteiger partial charge on any atom is 0.337 e. The van der Waals surface area contributed by atoms with Crippen molar-refractivity contribution in [2.45, 2.75) is 19.8 Å². The average Bonchev–Trinajstić information content (AvgIpc) is 2.73. The number of amides is 2. The van der Waals surface area contributed by atoms with Crippen molar-refractivity contribution in [1.82, 2.24) is 4.90 Å². The van der Waals surface area contributed by atoms with Gasteiger partial charge in [0.25, 0.3) is 5.91 Å². The second-order valence-electron chi connectivity index (χ2n) is 6.99. The Hall–Kier alpha value is -3.15. The van der Waals surface area contributed by atoms with Crippen molar-refractivity contribution < 1.29 is 19.1 Å². The van der Waals surface area contributed by atoms with Gasteiger partial charge in [0.2, 0.25) is 5.91 Å². The minimum atomic E-state index is -0.413. The van der Waals surface area contributed by atoms with Crippen molar-refractivity contribution in [2.24, 2.45) is 5.92 Å². The number of anilines is 1. The van der Waals surface area contributed by atoms with Gasteiger partial charge in [-0.1, -0.05) is 17.7 Å². The molecule has 0 aromatic heterocycles. The van der Waals surface area contributed by atoms with E-state index in [1.807, 2.05) is 36.1 Å². The second-order valence-corrected chi connectivity index (χ2v) is 6.99. The minimum Gasteiger partial charge on any atom is -0.465 e. The van der Waals surface area contributed by atoms with Crippen molar-refractivity contribution in [3.05, 3.63) is 65.2 Å². The first-order valence-corrected chi connectivity index (χ1v) is 9.33. The number of carbonyl (C=O) groups excluding carboxylic acids is 3. The first-order valence-electron chi connectivity index (χ1n) is 9.33. The summed E-state index contributed by atoms with van der Waals surface area (Å²) in [6.45, 7) is 3.09. The summed E-state index contributed by atoms with van der Waals surface area (Å²) in [5, 5.41) is 2.88. The van der Waals surface area contributed by atoms with E-state index in [1.54, 1.807) is 24.3 Å². The molecule has 2 amide bonds. The molecule has 6 heteroatoms. The zero-order valence-electron chi connectivity index (χ0n) is 16.1. The lowest BCUT2D eigenvalue weighted by Gasteiger charge is -2.31. The number of nitrogens with zero attached hydrogens (tertiary/aromatic N) is 1. The summed E-state index contributed by atoms with van der Waals surface area (Å²) in [7, 11) is 1.33. The maximum absolute atomic E-state index is 12.6. The molecule has 0 unspecified atom stereocenters. The number of piperidine rings is 1. The van der Waals surface area contributed by atoms with Gasteiger partial charge in [0.05, 0.1) is 12.7 Å². The van der Waals surface area contributed by atoms with Crippen molar-refractivity contribution in [2.75, 3.05) is 25.5 Å². The third-order valence-electron chi connectivity index (χ3n) is 4.99. The van der Waals surface area contributed by atoms with E-state index < -0.39 is 5.97 Å². The molecule has 0 radical (unpaired) electrons. The van der Waals surface area contributed by atoms with Gasteiger partial charge in [-0.25, -0.2) is 4.79 Å². The van der Waals surface area contributed by atoms with Crippen molar-refractivity contribution >= 4 is 23.5 Å². The standard InChI is InChI=1S/C22H24N2O4/c1-15-4-3-5-18(14-15)21(26)24-12-10-16(11-13-24)20(25)23-19-8-6-17(7-9-19)22(27)28-2/h3-9,14,16H,10-13H2,1-2H3,(H,23,25). The highest BCUT2D eigenvalue weighted by molar-refractivity contribution is 5.96. The van der Waals surface area contributed by atoms with Crippen LogP contribution in [0.3, 0.4) is 0 Å². The van der Waals surface area contributed by atoms with Crippen LogP contribution >= 0.6 is 0 Å². The molecule has 1 aliphatic heterocycles. The zero-order chi connectivity index (χ0) is 20.1. The molecule has 0 spiro atoms. The van der Waals surface area contributed by atoms with Gasteiger partial charge in [0.1, 0.15) is 0 Å². The largest absolute Gasteiger partial charge is 0.465 e. The Kier molecular flexibility index (Phi) is 6.09. The van der Waals surface area contributed by atoms with Gasteiger partial charge in [0, 0.05) is 30.3 Å². The van der Waals surface area contributed by atoms with Crippen molar-refractivity contribution in [1.29, 1.82) is 0 Å². The SMILES string of the molecule is COC(=O)c1ccc(NC(=O)C2CCN(C(=O)c3cccc(C)c3)CC2)cc1. The summed E-state index contributed by atoms with van der Waals surface area (Å²) in [5.74, 6) is -0.597. The Balaban J connectivity index is 1.53. The number of likely N-dealkylation sites (tertiary alicyclic amines) is 1. The lowest BCUT2D eigenvalue weighted by molar-refractivity contribution is -0.121. The van der Waals surface area contributed by atoms with Crippen LogP contribution in [0.15, 0.2) is 48.5 Å². The maximum atomic E-state index is 12.6. The van der Waals surface area contributed by atoms with E-state index in [4.69, 9.17) is 0 Å². The molecule has 2 aromatic rings. The van der Waals surface area contributed by atoms with Crippen LogP contribution < -0.4 is 5.32 Å². The van der Waals surface area contributed by atoms with Crippen LogP contribution in [0.4, 0.5) is 5.69 Å². The molecule has 6 nitrogen and oxygen atoms in total. The van der Waals surface area contributed by atoms with Crippen molar-refractivity contribution in [3.8, 4) is 0 Å². The monoisotopic (exact) mass is 380 g/mol. The van der Waals surface area contributed by atoms with Crippen LogP contribution in [0.25, 0.3) is 0 Å². The zero-order valence-corrected chi connectivity index (χ0v) is 16.1. The number of methoxy groups -OCH3 is 1. The predicted molar refractivity (Wildman–Crippen MR) is 106 cm³/mol. The van der Waals surface area contributed by atoms with Crippen LogP contribution in [-0.4, -0.2) is 42.9 Å². The number of benzene rings is 2. The number of hydrogen-bond donors (Lipinski definition) is 1. The van der Waals surface area contributed by atoms with Crippen LogP contribution in [0.5, 0.6) is 0 Å². The normalized spacial score (nSPS) is 14.4. The number of ether oxygens (including phenoxy) is 1. The lowest BCUT2D eigenvalue weighted by atomic mass is 9.95. The molecule has 0 aliphatic carbocycles. The summed E-state index contributed by atoms with van der Waals surface area (Å²) in [4.78, 5) is 38.4. The molecule has 2 aromatic carbocycles. The molecule has 1 fully saturated rings. The van der Waals surface area contributed by atoms with E-state index in [1.165, 1.54) is 7.11 Å². The molecule has 1 N–H and O–H groups in total. The molecule has 28 heavy (non-hydrogen) atoms. The van der Waals surface area contributed by atoms with Crippen LogP contribution in [-0.2, 0) is 9.53 Å². The van der Waals surface area contributed by atoms with Gasteiger partial charge in [0.15, 0.2) is 0 Å². The van der Waals surface area contributed by atoms with E-state index in [9.17, 15) is 14.4 Å². The quantitative estimate of drug-likeness (QED) is 0.826. The highest BCUT2D eigenvalue weighted by atomic mass is 16.5. The smallest absolute Gasteiger partial charge is 0.337 e. The summed E-state index contributed by atoms with van der Waals surface area (Å²) >= 11 is 0. The Labute approximate surface area is 164 Å². The van der Waals surface area contributed by atoms with Gasteiger partial charge >= 0.3 is 5.97 Å². The third kappa shape index (κ3) is 4.57. The van der Waals surface area contributed by atoms with Crippen LogP contribution in [0.1, 0.15) is 39.1 Å². The molecule has 1 heterocycles. The predicted octanol–water partition coefficient (Wildman–Crippen LogP) is 3.27. The Morgan fingerprint density at radius 1 is 1.00 bits per heavy atom. The summed E-state index contributed by atoms with van der Waals surface area (Å²) < 4.78 is 4.66. The number of aryl methyl sites for hydroxylation is 1. The Morgan fingerprint density at radius 3 is 2.29 bits per heavy atom. The van der Waals surface area contributed by atoms with Gasteiger partial charge in [-0.05, 0) is 56.2 Å². The van der Waals surface area contributed by atoms with Gasteiger partial charge < -0.3 is 15.0 Å². The highest BCUT2D eigenvalue weighted by Gasteiger charge is 2.28. The Morgan fingerprint density at radius 2 is 1.68 bits per heavy atom. The first-order chi connectivity index (χ1) is 13.5. The number of rotatable bonds is 4. The molecule has 3 rings (SSSR count). The molecular weight excluding hydrogens is 356 g/mol. The summed E-state index contributed by atoms with van der Waals surface area (Å²) in [6.07, 6.45) is 1.26. The second kappa shape index (κ2) is 8.69. The number of carbonyl (C=O) groups is 3. The van der Waals surface area contributed by atoms with E-state index in [0.29, 0.717) is 42.7 Å². The van der Waals surface area contributed by atoms with Crippen LogP contribution in [0.2, 0.25) is 0 Å². The lowest BCUT2D eigenvalue weighted by Crippen LogP contribution is -2.41. The third-order valence-corrected chi connectivity index (χ3v) is 4.99. The van der Waals surface area contributed by atoms with Gasteiger partial charge in [-0.2, -0.15) is 0 Å². The highest BCUT2D eigenvalue weighted by Crippen LogP contribution is 2.21. The molecular formula is C22H24N2O4. The topological polar surface area (TPSA) is 75.7 Å². The van der Waals surface area contributed by atoms with Gasteiger partial charge in [-0.3, -0.25) is 9.59 Å². The number of esters is 1. The molecule has 146 valence electrons. The fourth-order valence-electron chi connectivity index (χ4n) is 3.36. The summed E-state index contributed by atoms with van der Waals surface area (Å²) in [5.41, 5.74) is 2.81. The number of nitrogens with one attached hydrogen (secondary N) is 1. The van der Waals surface area contributed by atoms with E-state index in [2.05, 4.69) is 10.1 Å². The Bertz CT molecular complexity index is 868. The molecule has 0 atom stereocenters. The van der Waals surface area contributed by atoms with E-state index in [-0.39, 0.29) is 17.7 Å². The van der Waals surface area contributed by atoms with Gasteiger partial charge in [-0.15, -0.1) is 0 Å². The molecule has 1 saturated heterocycles. The fourth-order valence-corrected chi connectivity index (χ4v) is 3.36. The summed E-state index contributed by atoms with van der Waals surface area (Å²) in [6, 6.07) is 14.2. The van der Waals surface area contributed by atoms with Crippen LogP contribution in [0, 0.1) is 12.8 Å². The van der Waals surface area contributed by atoms with Crippen molar-refractivity contribution in [3.63, 3.8) is 0 Å².